The topological polar surface area (TPSA) is 68.4 Å². The number of H-pyrrole nitrogens is 1. The van der Waals surface area contributed by atoms with E-state index in [1.807, 2.05) is 45.2 Å². The molecule has 0 amide bonds. The van der Waals surface area contributed by atoms with Gasteiger partial charge in [0.15, 0.2) is 0 Å². The number of benzene rings is 1. The lowest BCUT2D eigenvalue weighted by Gasteiger charge is -2.17. The molecule has 1 aromatic heterocycles. The van der Waals surface area contributed by atoms with Crippen molar-refractivity contribution in [2.45, 2.75) is 39.7 Å². The van der Waals surface area contributed by atoms with Crippen LogP contribution < -0.4 is 0 Å². The maximum Gasteiger partial charge on any atom is 0.331 e. The van der Waals surface area contributed by atoms with Gasteiger partial charge in [-0.1, -0.05) is 6.07 Å². The molecular formula is C19H23NO4. The number of aromatic amines is 1. The van der Waals surface area contributed by atoms with E-state index < -0.39 is 5.60 Å². The highest BCUT2D eigenvalue weighted by Gasteiger charge is 2.14. The van der Waals surface area contributed by atoms with Gasteiger partial charge in [-0.25, -0.2) is 4.79 Å². The van der Waals surface area contributed by atoms with E-state index in [4.69, 9.17) is 9.47 Å². The second-order valence-corrected chi connectivity index (χ2v) is 6.47. The highest BCUT2D eigenvalue weighted by Crippen LogP contribution is 2.22. The first kappa shape index (κ1) is 17.8. The van der Waals surface area contributed by atoms with Crippen LogP contribution in [0, 0.1) is 0 Å². The minimum Gasteiger partial charge on any atom is -0.466 e. The molecule has 1 N–H and O–H groups in total. The molecule has 0 saturated heterocycles. The van der Waals surface area contributed by atoms with Gasteiger partial charge in [0.1, 0.15) is 5.60 Å². The highest BCUT2D eigenvalue weighted by molar-refractivity contribution is 5.94. The molecule has 2 rings (SSSR count). The van der Waals surface area contributed by atoms with Crippen molar-refractivity contribution in [1.82, 2.24) is 4.98 Å². The van der Waals surface area contributed by atoms with Crippen LogP contribution in [0.2, 0.25) is 0 Å². The summed E-state index contributed by atoms with van der Waals surface area (Å²) in [5.74, 6) is -0.641. The van der Waals surface area contributed by atoms with Gasteiger partial charge in [0, 0.05) is 28.7 Å². The third-order valence-electron chi connectivity index (χ3n) is 3.24. The molecule has 0 saturated carbocycles. The standard InChI is InChI=1S/C19H23NO4/c1-5-23-18(22)11-13-6-8-16-15(10-13)14(12-20-16)7-9-17(21)24-19(2,3)4/h6-10,12,20H,5,11H2,1-4H3/b9-7+. The number of esters is 2. The van der Waals surface area contributed by atoms with Gasteiger partial charge >= 0.3 is 11.9 Å². The predicted octanol–water partition coefficient (Wildman–Crippen LogP) is 3.63. The zero-order chi connectivity index (χ0) is 17.7. The van der Waals surface area contributed by atoms with E-state index in [-0.39, 0.29) is 18.4 Å². The summed E-state index contributed by atoms with van der Waals surface area (Å²) < 4.78 is 10.2. The van der Waals surface area contributed by atoms with Crippen molar-refractivity contribution < 1.29 is 19.1 Å². The normalized spacial score (nSPS) is 11.8. The molecule has 0 fully saturated rings. The number of carbonyl (C=O) groups is 2. The van der Waals surface area contributed by atoms with Gasteiger partial charge in [0.25, 0.3) is 0 Å². The lowest BCUT2D eigenvalue weighted by molar-refractivity contribution is -0.148. The smallest absolute Gasteiger partial charge is 0.331 e. The van der Waals surface area contributed by atoms with Crippen LogP contribution in [0.4, 0.5) is 0 Å². The van der Waals surface area contributed by atoms with Gasteiger partial charge in [-0.05, 0) is 51.5 Å². The largest absolute Gasteiger partial charge is 0.466 e. The Morgan fingerprint density at radius 1 is 1.25 bits per heavy atom. The Hall–Kier alpha value is -2.56. The van der Waals surface area contributed by atoms with E-state index in [0.717, 1.165) is 22.0 Å². The van der Waals surface area contributed by atoms with Crippen LogP contribution in [-0.4, -0.2) is 29.1 Å². The summed E-state index contributed by atoms with van der Waals surface area (Å²) in [7, 11) is 0. The van der Waals surface area contributed by atoms with E-state index in [0.29, 0.717) is 6.61 Å². The highest BCUT2D eigenvalue weighted by atomic mass is 16.6. The van der Waals surface area contributed by atoms with E-state index in [9.17, 15) is 9.59 Å². The number of aromatic nitrogens is 1. The maximum absolute atomic E-state index is 11.8. The maximum atomic E-state index is 11.8. The quantitative estimate of drug-likeness (QED) is 0.672. The second kappa shape index (κ2) is 7.34. The summed E-state index contributed by atoms with van der Waals surface area (Å²) in [5, 5.41) is 0.941. The molecule has 0 unspecified atom stereocenters. The number of nitrogens with one attached hydrogen (secondary N) is 1. The number of hydrogen-bond acceptors (Lipinski definition) is 4. The molecule has 5 heteroatoms. The van der Waals surface area contributed by atoms with Crippen LogP contribution in [0.5, 0.6) is 0 Å². The number of hydrogen-bond donors (Lipinski definition) is 1. The molecule has 1 heterocycles. The van der Waals surface area contributed by atoms with Crippen molar-refractivity contribution in [3.8, 4) is 0 Å². The van der Waals surface area contributed by atoms with Crippen LogP contribution in [0.25, 0.3) is 17.0 Å². The van der Waals surface area contributed by atoms with Gasteiger partial charge in [0.2, 0.25) is 0 Å². The van der Waals surface area contributed by atoms with Crippen molar-refractivity contribution in [3.63, 3.8) is 0 Å². The first-order valence-corrected chi connectivity index (χ1v) is 7.95. The van der Waals surface area contributed by atoms with E-state index >= 15 is 0 Å². The molecule has 128 valence electrons. The average Bonchev–Trinajstić information content (AvgIpc) is 2.86. The fourth-order valence-electron chi connectivity index (χ4n) is 2.31. The predicted molar refractivity (Wildman–Crippen MR) is 93.5 cm³/mol. The van der Waals surface area contributed by atoms with Crippen molar-refractivity contribution >= 4 is 28.9 Å². The Kier molecular flexibility index (Phi) is 5.44. The molecule has 1 aromatic carbocycles. The summed E-state index contributed by atoms with van der Waals surface area (Å²) in [4.78, 5) is 26.6. The monoisotopic (exact) mass is 329 g/mol. The van der Waals surface area contributed by atoms with Gasteiger partial charge < -0.3 is 14.5 Å². The SMILES string of the molecule is CCOC(=O)Cc1ccc2[nH]cc(/C=C/C(=O)OC(C)(C)C)c2c1. The third-order valence-corrected chi connectivity index (χ3v) is 3.24. The summed E-state index contributed by atoms with van der Waals surface area (Å²) in [6, 6.07) is 5.73. The van der Waals surface area contributed by atoms with Crippen molar-refractivity contribution in [2.75, 3.05) is 6.61 Å². The van der Waals surface area contributed by atoms with Crippen LogP contribution >= 0.6 is 0 Å². The van der Waals surface area contributed by atoms with Crippen LogP contribution in [0.1, 0.15) is 38.8 Å². The molecule has 0 spiro atoms. The molecule has 24 heavy (non-hydrogen) atoms. The van der Waals surface area contributed by atoms with Crippen molar-refractivity contribution in [2.24, 2.45) is 0 Å². The minimum absolute atomic E-state index is 0.226. The fraction of sp³-hybridized carbons (Fsp3) is 0.368. The van der Waals surface area contributed by atoms with Crippen LogP contribution in [0.3, 0.4) is 0 Å². The summed E-state index contributed by atoms with van der Waals surface area (Å²) in [6.45, 7) is 7.63. The van der Waals surface area contributed by atoms with E-state index in [1.54, 1.807) is 13.0 Å². The number of carbonyl (C=O) groups excluding carboxylic acids is 2. The molecule has 0 atom stereocenters. The third kappa shape index (κ3) is 4.98. The van der Waals surface area contributed by atoms with Crippen molar-refractivity contribution in [3.05, 3.63) is 41.6 Å². The Balaban J connectivity index is 2.19. The van der Waals surface area contributed by atoms with Gasteiger partial charge in [-0.2, -0.15) is 0 Å². The van der Waals surface area contributed by atoms with Gasteiger partial charge in [-0.15, -0.1) is 0 Å². The van der Waals surface area contributed by atoms with E-state index in [2.05, 4.69) is 4.98 Å². The first-order valence-electron chi connectivity index (χ1n) is 7.95. The summed E-state index contributed by atoms with van der Waals surface area (Å²) in [6.07, 6.45) is 5.16. The molecular weight excluding hydrogens is 306 g/mol. The zero-order valence-corrected chi connectivity index (χ0v) is 14.5. The van der Waals surface area contributed by atoms with Gasteiger partial charge in [0.05, 0.1) is 13.0 Å². The lowest BCUT2D eigenvalue weighted by Crippen LogP contribution is -2.22. The summed E-state index contributed by atoms with van der Waals surface area (Å²) in [5.41, 5.74) is 2.15. The first-order chi connectivity index (χ1) is 11.3. The van der Waals surface area contributed by atoms with Crippen LogP contribution in [-0.2, 0) is 25.5 Å². The average molecular weight is 329 g/mol. The Labute approximate surface area is 141 Å². The molecule has 0 aliphatic carbocycles. The molecule has 0 aliphatic heterocycles. The lowest BCUT2D eigenvalue weighted by atomic mass is 10.1. The number of ether oxygens (including phenoxy) is 2. The Morgan fingerprint density at radius 3 is 2.67 bits per heavy atom. The molecule has 0 radical (unpaired) electrons. The van der Waals surface area contributed by atoms with Gasteiger partial charge in [-0.3, -0.25) is 4.79 Å². The molecule has 2 aromatic rings. The zero-order valence-electron chi connectivity index (χ0n) is 14.5. The molecule has 5 nitrogen and oxygen atoms in total. The molecule has 0 aliphatic rings. The van der Waals surface area contributed by atoms with Crippen molar-refractivity contribution in [1.29, 1.82) is 0 Å². The number of rotatable bonds is 5. The fourth-order valence-corrected chi connectivity index (χ4v) is 2.31. The second-order valence-electron chi connectivity index (χ2n) is 6.47. The summed E-state index contributed by atoms with van der Waals surface area (Å²) >= 11 is 0. The Morgan fingerprint density at radius 2 is 2.00 bits per heavy atom. The Bertz CT molecular complexity index is 765. The van der Waals surface area contributed by atoms with E-state index in [1.165, 1.54) is 6.08 Å². The minimum atomic E-state index is -0.519. The van der Waals surface area contributed by atoms with Crippen LogP contribution in [0.15, 0.2) is 30.5 Å². The molecule has 0 bridgehead atoms. The number of fused-ring (bicyclic) bond motifs is 1.